The lowest BCUT2D eigenvalue weighted by molar-refractivity contribution is 1.30. The predicted molar refractivity (Wildman–Crippen MR) is 137 cm³/mol. The summed E-state index contributed by atoms with van der Waals surface area (Å²) >= 11 is 0. The first-order valence-corrected chi connectivity index (χ1v) is 13.5. The Hall–Kier alpha value is -3.04. The summed E-state index contributed by atoms with van der Waals surface area (Å²) in [7, 11) is -0.776. The van der Waals surface area contributed by atoms with Crippen LogP contribution >= 0.6 is 10.0 Å². The SMILES string of the molecule is Cc1cc(C)cc(-c2cc3c(cn2)c2cccc4c5cc(S(C)(C)C)ccc5n3c42)c1. The Kier molecular flexibility index (Phi) is 3.77. The molecule has 0 saturated carbocycles. The molecule has 0 amide bonds. The Balaban J connectivity index is 1.73. The molecule has 0 unspecified atom stereocenters. The molecule has 0 bridgehead atoms. The topological polar surface area (TPSA) is 17.3 Å². The lowest BCUT2D eigenvalue weighted by Gasteiger charge is -2.25. The van der Waals surface area contributed by atoms with E-state index in [1.54, 1.807) is 0 Å². The quantitative estimate of drug-likeness (QED) is 0.281. The van der Waals surface area contributed by atoms with Crippen LogP contribution in [0.1, 0.15) is 11.1 Å². The summed E-state index contributed by atoms with van der Waals surface area (Å²) in [6.45, 7) is 4.30. The summed E-state index contributed by atoms with van der Waals surface area (Å²) in [5.74, 6) is 0. The monoisotopic (exact) mass is 422 g/mol. The van der Waals surface area contributed by atoms with Crippen LogP contribution in [0.2, 0.25) is 0 Å². The molecule has 31 heavy (non-hydrogen) atoms. The van der Waals surface area contributed by atoms with Gasteiger partial charge in [0.25, 0.3) is 0 Å². The van der Waals surface area contributed by atoms with E-state index in [9.17, 15) is 0 Å². The van der Waals surface area contributed by atoms with Crippen LogP contribution < -0.4 is 0 Å². The second-order valence-corrected chi connectivity index (χ2v) is 13.7. The Morgan fingerprint density at radius 3 is 2.13 bits per heavy atom. The molecule has 0 N–H and O–H groups in total. The van der Waals surface area contributed by atoms with Crippen LogP contribution in [0, 0.1) is 13.8 Å². The zero-order chi connectivity index (χ0) is 21.5. The summed E-state index contributed by atoms with van der Waals surface area (Å²) in [5.41, 5.74) is 8.59. The fraction of sp³-hybridized carbons (Fsp3) is 0.179. The molecular formula is C28H26N2S. The second kappa shape index (κ2) is 6.24. The number of hydrogen-bond acceptors (Lipinski definition) is 1. The van der Waals surface area contributed by atoms with Gasteiger partial charge in [0, 0.05) is 33.3 Å². The number of fused-ring (bicyclic) bond motifs is 6. The van der Waals surface area contributed by atoms with Gasteiger partial charge in [-0.05, 0) is 73.9 Å². The van der Waals surface area contributed by atoms with E-state index >= 15 is 0 Å². The van der Waals surface area contributed by atoms with Crippen LogP contribution in [0.3, 0.4) is 0 Å². The minimum atomic E-state index is -0.776. The Bertz CT molecular complexity index is 1610. The zero-order valence-electron chi connectivity index (χ0n) is 18.7. The number of aryl methyl sites for hydroxylation is 2. The predicted octanol–water partition coefficient (Wildman–Crippen LogP) is 7.57. The molecule has 6 rings (SSSR count). The van der Waals surface area contributed by atoms with E-state index in [0.29, 0.717) is 0 Å². The van der Waals surface area contributed by atoms with Crippen LogP contribution in [-0.2, 0) is 0 Å². The van der Waals surface area contributed by atoms with E-state index in [0.717, 1.165) is 5.69 Å². The van der Waals surface area contributed by atoms with Gasteiger partial charge in [-0.1, -0.05) is 35.4 Å². The second-order valence-electron chi connectivity index (χ2n) is 9.52. The summed E-state index contributed by atoms with van der Waals surface area (Å²) in [6.07, 6.45) is 9.15. The van der Waals surface area contributed by atoms with Gasteiger partial charge in [0.15, 0.2) is 0 Å². The number of aromatic nitrogens is 2. The smallest absolute Gasteiger partial charge is 0.0723 e. The van der Waals surface area contributed by atoms with Crippen molar-refractivity contribution >= 4 is 48.1 Å². The van der Waals surface area contributed by atoms with E-state index in [-0.39, 0.29) is 0 Å². The van der Waals surface area contributed by atoms with Gasteiger partial charge >= 0.3 is 0 Å². The maximum absolute atomic E-state index is 4.87. The van der Waals surface area contributed by atoms with E-state index in [1.165, 1.54) is 59.7 Å². The third-order valence-corrected chi connectivity index (χ3v) is 8.06. The van der Waals surface area contributed by atoms with Gasteiger partial charge in [0.1, 0.15) is 0 Å². The minimum absolute atomic E-state index is 0.776. The zero-order valence-corrected chi connectivity index (χ0v) is 19.5. The first-order chi connectivity index (χ1) is 14.8. The van der Waals surface area contributed by atoms with Crippen molar-refractivity contribution < 1.29 is 0 Å². The summed E-state index contributed by atoms with van der Waals surface area (Å²) < 4.78 is 2.45. The largest absolute Gasteiger partial charge is 0.308 e. The first kappa shape index (κ1) is 18.7. The van der Waals surface area contributed by atoms with Crippen LogP contribution in [0.5, 0.6) is 0 Å². The number of para-hydroxylation sites is 1. The molecule has 2 nitrogen and oxygen atoms in total. The number of nitrogens with zero attached hydrogens (tertiary/aromatic N) is 2. The Morgan fingerprint density at radius 2 is 1.42 bits per heavy atom. The van der Waals surface area contributed by atoms with E-state index in [4.69, 9.17) is 4.98 Å². The van der Waals surface area contributed by atoms with Crippen LogP contribution in [0.15, 0.2) is 71.8 Å². The first-order valence-electron chi connectivity index (χ1n) is 10.7. The summed E-state index contributed by atoms with van der Waals surface area (Å²) in [5, 5.41) is 5.20. The Labute approximate surface area is 184 Å². The van der Waals surface area contributed by atoms with Crippen molar-refractivity contribution in [1.29, 1.82) is 0 Å². The third kappa shape index (κ3) is 2.69. The molecule has 0 radical (unpaired) electrons. The standard InChI is InChI=1S/C28H26N2S/c1-17-11-18(2)13-19(12-17)25-15-27-24(16-29-25)22-8-6-7-21-23-14-20(31(3,4)5)9-10-26(23)30(27)28(21)22/h6-16H,1-5H3. The van der Waals surface area contributed by atoms with Gasteiger partial charge < -0.3 is 4.40 Å². The van der Waals surface area contributed by atoms with Crippen molar-refractivity contribution in [1.82, 2.24) is 9.38 Å². The molecule has 3 aromatic carbocycles. The van der Waals surface area contributed by atoms with Gasteiger partial charge in [-0.25, -0.2) is 10.0 Å². The number of benzene rings is 3. The van der Waals surface area contributed by atoms with Gasteiger partial charge in [-0.2, -0.15) is 0 Å². The third-order valence-electron chi connectivity index (χ3n) is 6.40. The molecule has 3 heteroatoms. The molecule has 0 spiro atoms. The molecule has 0 aliphatic rings. The van der Waals surface area contributed by atoms with E-state index in [1.807, 2.05) is 0 Å². The van der Waals surface area contributed by atoms with Crippen molar-refractivity contribution in [3.8, 4) is 11.3 Å². The fourth-order valence-corrected chi connectivity index (χ4v) is 5.96. The van der Waals surface area contributed by atoms with Gasteiger partial charge in [0.2, 0.25) is 0 Å². The maximum Gasteiger partial charge on any atom is 0.0723 e. The minimum Gasteiger partial charge on any atom is -0.308 e. The normalized spacial score (nSPS) is 13.2. The number of hydrogen-bond donors (Lipinski definition) is 0. The molecule has 3 heterocycles. The highest BCUT2D eigenvalue weighted by molar-refractivity contribution is 8.32. The highest BCUT2D eigenvalue weighted by Crippen LogP contribution is 2.48. The molecule has 6 aromatic rings. The molecule has 0 fully saturated rings. The summed E-state index contributed by atoms with van der Waals surface area (Å²) in [6, 6.07) is 22.7. The number of pyridine rings is 1. The average molecular weight is 423 g/mol. The van der Waals surface area contributed by atoms with Gasteiger partial charge in [-0.3, -0.25) is 4.98 Å². The van der Waals surface area contributed by atoms with Crippen LogP contribution in [0.25, 0.3) is 49.4 Å². The lowest BCUT2D eigenvalue weighted by Crippen LogP contribution is -1.92. The van der Waals surface area contributed by atoms with Crippen molar-refractivity contribution in [2.24, 2.45) is 0 Å². The van der Waals surface area contributed by atoms with E-state index in [2.05, 4.69) is 104 Å². The molecule has 0 aliphatic heterocycles. The van der Waals surface area contributed by atoms with Crippen molar-refractivity contribution in [2.75, 3.05) is 18.8 Å². The highest BCUT2D eigenvalue weighted by atomic mass is 32.3. The number of rotatable bonds is 2. The maximum atomic E-state index is 4.87. The van der Waals surface area contributed by atoms with E-state index < -0.39 is 10.0 Å². The molecule has 0 saturated heterocycles. The molecule has 0 aliphatic carbocycles. The average Bonchev–Trinajstić information content (AvgIpc) is 3.23. The van der Waals surface area contributed by atoms with Crippen LogP contribution in [-0.4, -0.2) is 28.2 Å². The Morgan fingerprint density at radius 1 is 0.710 bits per heavy atom. The highest BCUT2D eigenvalue weighted by Gasteiger charge is 2.19. The molecule has 3 aromatic heterocycles. The fourth-order valence-electron chi connectivity index (χ4n) is 5.01. The van der Waals surface area contributed by atoms with Crippen molar-refractivity contribution in [3.63, 3.8) is 0 Å². The summed E-state index contributed by atoms with van der Waals surface area (Å²) in [4.78, 5) is 6.32. The molecule has 0 atom stereocenters. The molecule has 154 valence electrons. The van der Waals surface area contributed by atoms with Crippen molar-refractivity contribution in [3.05, 3.63) is 78.0 Å². The van der Waals surface area contributed by atoms with Gasteiger partial charge in [-0.15, -0.1) is 0 Å². The van der Waals surface area contributed by atoms with Crippen molar-refractivity contribution in [2.45, 2.75) is 18.7 Å². The van der Waals surface area contributed by atoms with Crippen LogP contribution in [0.4, 0.5) is 0 Å². The molecular weight excluding hydrogens is 396 g/mol. The van der Waals surface area contributed by atoms with Gasteiger partial charge in [0.05, 0.1) is 22.2 Å². The lowest BCUT2D eigenvalue weighted by atomic mass is 10.0.